The number of thiophene rings is 1. The Balaban J connectivity index is 0. The largest absolute Gasteiger partial charge is 0.181 e. The zero-order chi connectivity index (χ0) is 11.1. The minimum Gasteiger partial charge on any atom is -0.181 e. The molecule has 2 nitrogen and oxygen atoms in total. The Kier molecular flexibility index (Phi) is 18.1. The first kappa shape index (κ1) is 14.7. The third-order valence-electron chi connectivity index (χ3n) is 0.809. The summed E-state index contributed by atoms with van der Waals surface area (Å²) < 4.78 is 0. The Morgan fingerprint density at radius 2 is 1.50 bits per heavy atom. The molecule has 0 amide bonds. The van der Waals surface area contributed by atoms with Gasteiger partial charge in [0.1, 0.15) is 0 Å². The maximum Gasteiger partial charge on any atom is 0.181 e. The SMILES string of the molecule is C=CCC=C.N#CC#N.c1ccsc1. The van der Waals surface area contributed by atoms with Gasteiger partial charge in [-0.2, -0.15) is 21.9 Å². The summed E-state index contributed by atoms with van der Waals surface area (Å²) >= 11 is 1.71. The highest BCUT2D eigenvalue weighted by molar-refractivity contribution is 7.07. The average Bonchev–Trinajstić information content (AvgIpc) is 2.78. The molecule has 0 atom stereocenters. The summed E-state index contributed by atoms with van der Waals surface area (Å²) in [5.74, 6) is 0. The number of allylic oxidation sites excluding steroid dienone is 2. The highest BCUT2D eigenvalue weighted by atomic mass is 32.1. The van der Waals surface area contributed by atoms with Crippen molar-refractivity contribution < 1.29 is 0 Å². The van der Waals surface area contributed by atoms with Crippen LogP contribution in [0.5, 0.6) is 0 Å². The van der Waals surface area contributed by atoms with Gasteiger partial charge in [0.05, 0.1) is 0 Å². The van der Waals surface area contributed by atoms with Crippen molar-refractivity contribution in [2.24, 2.45) is 0 Å². The summed E-state index contributed by atoms with van der Waals surface area (Å²) in [4.78, 5) is 0. The standard InChI is InChI=1S/C5H8.C4H4S.C2N2/c1-3-5-4-2;1-2-4-5-3-1;3-1-2-4/h3-4H,1-2,5H2;1-4H;. The topological polar surface area (TPSA) is 47.6 Å². The first-order chi connectivity index (χ1) is 6.83. The maximum atomic E-state index is 7.26. The van der Waals surface area contributed by atoms with Crippen LogP contribution in [0.25, 0.3) is 0 Å². The summed E-state index contributed by atoms with van der Waals surface area (Å²) in [7, 11) is 0. The van der Waals surface area contributed by atoms with E-state index in [1.54, 1.807) is 11.3 Å². The van der Waals surface area contributed by atoms with Crippen LogP contribution in [0, 0.1) is 22.7 Å². The van der Waals surface area contributed by atoms with Gasteiger partial charge in [-0.15, -0.1) is 13.2 Å². The third kappa shape index (κ3) is 22.5. The van der Waals surface area contributed by atoms with Crippen molar-refractivity contribution in [2.45, 2.75) is 6.42 Å². The molecule has 0 saturated carbocycles. The van der Waals surface area contributed by atoms with Crippen LogP contribution in [-0.2, 0) is 0 Å². The van der Waals surface area contributed by atoms with E-state index in [1.807, 2.05) is 35.0 Å². The Bertz CT molecular complexity index is 253. The van der Waals surface area contributed by atoms with Crippen molar-refractivity contribution in [3.63, 3.8) is 0 Å². The van der Waals surface area contributed by atoms with Gasteiger partial charge in [0.15, 0.2) is 12.1 Å². The molecule has 0 aromatic carbocycles. The summed E-state index contributed by atoms with van der Waals surface area (Å²) in [5, 5.41) is 18.6. The van der Waals surface area contributed by atoms with E-state index in [9.17, 15) is 0 Å². The molecular weight excluding hydrogens is 192 g/mol. The zero-order valence-corrected chi connectivity index (χ0v) is 8.70. The lowest BCUT2D eigenvalue weighted by atomic mass is 10.4. The zero-order valence-electron chi connectivity index (χ0n) is 7.89. The lowest BCUT2D eigenvalue weighted by Crippen LogP contribution is -1.43. The van der Waals surface area contributed by atoms with Crippen LogP contribution in [0.3, 0.4) is 0 Å². The van der Waals surface area contributed by atoms with Crippen LogP contribution in [-0.4, -0.2) is 0 Å². The second-order valence-electron chi connectivity index (χ2n) is 1.83. The molecule has 0 saturated heterocycles. The van der Waals surface area contributed by atoms with Crippen LogP contribution in [0.4, 0.5) is 0 Å². The molecule has 0 unspecified atom stereocenters. The monoisotopic (exact) mass is 204 g/mol. The van der Waals surface area contributed by atoms with Gasteiger partial charge in [0.2, 0.25) is 0 Å². The first-order valence-electron chi connectivity index (χ1n) is 3.80. The summed E-state index contributed by atoms with van der Waals surface area (Å²) in [6.45, 7) is 6.96. The molecule has 0 aliphatic rings. The molecule has 1 aromatic heterocycles. The molecule has 1 rings (SSSR count). The predicted molar refractivity (Wildman–Crippen MR) is 60.6 cm³/mol. The molecule has 1 heterocycles. The Morgan fingerprint density at radius 1 is 1.07 bits per heavy atom. The van der Waals surface area contributed by atoms with Crippen molar-refractivity contribution in [2.75, 3.05) is 0 Å². The molecule has 0 aliphatic heterocycles. The molecule has 1 aromatic rings. The van der Waals surface area contributed by atoms with Crippen molar-refractivity contribution in [1.29, 1.82) is 10.5 Å². The maximum absolute atomic E-state index is 7.26. The second kappa shape index (κ2) is 17.3. The van der Waals surface area contributed by atoms with Crippen LogP contribution >= 0.6 is 11.3 Å². The first-order valence-corrected chi connectivity index (χ1v) is 4.74. The van der Waals surface area contributed by atoms with Gasteiger partial charge in [-0.05, 0) is 17.2 Å². The molecule has 0 spiro atoms. The molecule has 0 bridgehead atoms. The molecule has 0 N–H and O–H groups in total. The number of nitrogens with zero attached hydrogens (tertiary/aromatic N) is 2. The number of hydrogen-bond acceptors (Lipinski definition) is 3. The fraction of sp³-hybridized carbons (Fsp3) is 0.0909. The van der Waals surface area contributed by atoms with Gasteiger partial charge in [-0.3, -0.25) is 0 Å². The van der Waals surface area contributed by atoms with Gasteiger partial charge in [0.25, 0.3) is 0 Å². The van der Waals surface area contributed by atoms with Crippen LogP contribution in [0.2, 0.25) is 0 Å². The summed E-state index contributed by atoms with van der Waals surface area (Å²) in [5.41, 5.74) is 0. The minimum absolute atomic E-state index is 0.917. The Hall–Kier alpha value is -1.84. The predicted octanol–water partition coefficient (Wildman–Crippen LogP) is 3.53. The lowest BCUT2D eigenvalue weighted by Gasteiger charge is -1.64. The summed E-state index contributed by atoms with van der Waals surface area (Å²) in [6.07, 6.45) is 4.54. The normalized spacial score (nSPS) is 5.86. The van der Waals surface area contributed by atoms with E-state index in [4.69, 9.17) is 10.5 Å². The van der Waals surface area contributed by atoms with Gasteiger partial charge in [-0.25, -0.2) is 0 Å². The van der Waals surface area contributed by atoms with E-state index in [2.05, 4.69) is 13.2 Å². The van der Waals surface area contributed by atoms with E-state index in [0.717, 1.165) is 6.42 Å². The number of hydrogen-bond donors (Lipinski definition) is 0. The number of rotatable bonds is 2. The third-order valence-corrected chi connectivity index (χ3v) is 1.44. The van der Waals surface area contributed by atoms with Crippen LogP contribution in [0.1, 0.15) is 6.42 Å². The van der Waals surface area contributed by atoms with Crippen molar-refractivity contribution in [3.8, 4) is 12.1 Å². The van der Waals surface area contributed by atoms with Gasteiger partial charge in [0, 0.05) is 0 Å². The molecule has 14 heavy (non-hydrogen) atoms. The van der Waals surface area contributed by atoms with Crippen LogP contribution in [0.15, 0.2) is 48.2 Å². The highest BCUT2D eigenvalue weighted by Crippen LogP contribution is 1.91. The molecule has 3 heteroatoms. The average molecular weight is 204 g/mol. The van der Waals surface area contributed by atoms with Crippen molar-refractivity contribution in [3.05, 3.63) is 48.2 Å². The minimum atomic E-state index is 0.917. The van der Waals surface area contributed by atoms with Gasteiger partial charge < -0.3 is 0 Å². The van der Waals surface area contributed by atoms with Gasteiger partial charge in [-0.1, -0.05) is 24.3 Å². The van der Waals surface area contributed by atoms with Crippen LogP contribution < -0.4 is 0 Å². The molecule has 0 aliphatic carbocycles. The Labute approximate surface area is 89.0 Å². The van der Waals surface area contributed by atoms with Gasteiger partial charge >= 0.3 is 0 Å². The van der Waals surface area contributed by atoms with E-state index in [0.29, 0.717) is 0 Å². The number of nitriles is 2. The molecular formula is C11H12N2S. The smallest absolute Gasteiger partial charge is 0.181 e. The summed E-state index contributed by atoms with van der Waals surface area (Å²) in [6, 6.07) is 6.51. The van der Waals surface area contributed by atoms with Crippen molar-refractivity contribution in [1.82, 2.24) is 0 Å². The highest BCUT2D eigenvalue weighted by Gasteiger charge is 1.58. The molecule has 72 valence electrons. The fourth-order valence-electron chi connectivity index (χ4n) is 0.345. The second-order valence-corrected chi connectivity index (χ2v) is 2.65. The van der Waals surface area contributed by atoms with E-state index in [-0.39, 0.29) is 0 Å². The fourth-order valence-corrected chi connectivity index (χ4v) is 0.798. The van der Waals surface area contributed by atoms with E-state index >= 15 is 0 Å². The molecule has 0 radical (unpaired) electrons. The van der Waals surface area contributed by atoms with E-state index < -0.39 is 0 Å². The molecule has 0 fully saturated rings. The van der Waals surface area contributed by atoms with E-state index in [1.165, 1.54) is 12.1 Å². The quantitative estimate of drug-likeness (QED) is 0.692. The lowest BCUT2D eigenvalue weighted by molar-refractivity contribution is 1.42. The Morgan fingerprint density at radius 3 is 1.57 bits per heavy atom. The van der Waals surface area contributed by atoms with Crippen molar-refractivity contribution >= 4 is 11.3 Å².